The van der Waals surface area contributed by atoms with Crippen molar-refractivity contribution in [1.82, 2.24) is 0 Å². The molecule has 0 amide bonds. The zero-order chi connectivity index (χ0) is 17.1. The summed E-state index contributed by atoms with van der Waals surface area (Å²) in [6.45, 7) is 11.3. The monoisotopic (exact) mass is 364 g/mol. The van der Waals surface area contributed by atoms with Crippen LogP contribution in [-0.4, -0.2) is 26.4 Å². The molecule has 0 aliphatic rings. The molecule has 126 valence electrons. The minimum absolute atomic E-state index is 0.0515. The summed E-state index contributed by atoms with van der Waals surface area (Å²) in [5.41, 5.74) is -0.934. The first kappa shape index (κ1) is 19.8. The van der Waals surface area contributed by atoms with Crippen LogP contribution < -0.4 is 0 Å². The summed E-state index contributed by atoms with van der Waals surface area (Å²) in [7, 11) is -1.40. The van der Waals surface area contributed by atoms with Gasteiger partial charge in [0, 0.05) is 11.8 Å². The molecule has 22 heavy (non-hydrogen) atoms. The van der Waals surface area contributed by atoms with E-state index in [1.807, 2.05) is 53.0 Å². The van der Waals surface area contributed by atoms with E-state index in [4.69, 9.17) is 16.3 Å². The van der Waals surface area contributed by atoms with Gasteiger partial charge in [-0.15, -0.1) is 22.9 Å². The van der Waals surface area contributed by atoms with Gasteiger partial charge in [0.1, 0.15) is 10.5 Å². The smallest absolute Gasteiger partial charge is 0.141 e. The number of alkyl halides is 1. The maximum absolute atomic E-state index is 12.6. The first-order valence-electron chi connectivity index (χ1n) is 7.21. The van der Waals surface area contributed by atoms with Crippen molar-refractivity contribution in [2.75, 3.05) is 0 Å². The largest absolute Gasteiger partial charge is 0.370 e. The molecule has 0 spiro atoms. The average Bonchev–Trinajstić information content (AvgIpc) is 2.87. The van der Waals surface area contributed by atoms with Crippen LogP contribution in [0.5, 0.6) is 0 Å². The lowest BCUT2D eigenvalue weighted by atomic mass is 9.87. The van der Waals surface area contributed by atoms with Crippen molar-refractivity contribution < 1.29 is 13.7 Å². The van der Waals surface area contributed by atoms with Crippen molar-refractivity contribution in [3.05, 3.63) is 17.5 Å². The third-order valence-electron chi connectivity index (χ3n) is 2.92. The number of ether oxygens (including phenoxy) is 1. The molecule has 0 aliphatic carbocycles. The minimum Gasteiger partial charge on any atom is -0.370 e. The Morgan fingerprint density at radius 1 is 1.32 bits per heavy atom. The van der Waals surface area contributed by atoms with Crippen molar-refractivity contribution in [3.8, 4) is 0 Å². The summed E-state index contributed by atoms with van der Waals surface area (Å²) in [4.78, 5) is 12.3. The molecule has 3 atom stereocenters. The molecule has 0 saturated heterocycles. The molecule has 0 radical (unpaired) electrons. The molecule has 0 aromatic carbocycles. The van der Waals surface area contributed by atoms with E-state index in [1.165, 1.54) is 11.3 Å². The molecule has 1 heterocycles. The molecule has 3 unspecified atom stereocenters. The van der Waals surface area contributed by atoms with Crippen molar-refractivity contribution in [1.29, 1.82) is 0 Å². The Labute approximate surface area is 144 Å². The van der Waals surface area contributed by atoms with Crippen LogP contribution >= 0.6 is 22.9 Å². The predicted octanol–water partition coefficient (Wildman–Crippen LogP) is 4.61. The molecule has 1 aromatic rings. The highest BCUT2D eigenvalue weighted by Crippen LogP contribution is 2.29. The van der Waals surface area contributed by atoms with Gasteiger partial charge in [0.2, 0.25) is 0 Å². The molecule has 0 aliphatic heterocycles. The quantitative estimate of drug-likeness (QED) is 0.692. The summed E-state index contributed by atoms with van der Waals surface area (Å²) in [6.07, 6.45) is -0.428. The van der Waals surface area contributed by atoms with Gasteiger partial charge in [-0.1, -0.05) is 26.8 Å². The van der Waals surface area contributed by atoms with Gasteiger partial charge in [-0.2, -0.15) is 0 Å². The SMILES string of the molecule is CC(C)(C)OC(CC(=O)C(C)(C)C)C(Cl)S(=O)c1cccs1. The topological polar surface area (TPSA) is 43.4 Å². The Balaban J connectivity index is 2.94. The van der Waals surface area contributed by atoms with Gasteiger partial charge in [-0.05, 0) is 32.2 Å². The van der Waals surface area contributed by atoms with Crippen LogP contribution in [0.3, 0.4) is 0 Å². The second kappa shape index (κ2) is 7.56. The molecule has 1 aromatic heterocycles. The number of carbonyl (C=O) groups excluding carboxylic acids is 1. The number of thiophene rings is 1. The Hall–Kier alpha value is -0.230. The average molecular weight is 365 g/mol. The Morgan fingerprint density at radius 3 is 2.32 bits per heavy atom. The molecular weight excluding hydrogens is 340 g/mol. The highest BCUT2D eigenvalue weighted by molar-refractivity contribution is 7.89. The lowest BCUT2D eigenvalue weighted by Gasteiger charge is -2.31. The zero-order valence-corrected chi connectivity index (χ0v) is 16.4. The third kappa shape index (κ3) is 6.11. The van der Waals surface area contributed by atoms with Crippen LogP contribution in [0.15, 0.2) is 21.7 Å². The zero-order valence-electron chi connectivity index (χ0n) is 14.0. The van der Waals surface area contributed by atoms with Crippen LogP contribution in [0.1, 0.15) is 48.0 Å². The highest BCUT2D eigenvalue weighted by Gasteiger charge is 2.35. The number of rotatable bonds is 6. The first-order valence-corrected chi connectivity index (χ1v) is 9.74. The van der Waals surface area contributed by atoms with E-state index in [2.05, 4.69) is 0 Å². The van der Waals surface area contributed by atoms with E-state index in [0.29, 0.717) is 4.21 Å². The summed E-state index contributed by atoms with van der Waals surface area (Å²) in [5.74, 6) is 0.0515. The van der Waals surface area contributed by atoms with Crippen molar-refractivity contribution >= 4 is 39.5 Å². The van der Waals surface area contributed by atoms with Crippen molar-refractivity contribution in [2.45, 2.75) is 68.6 Å². The first-order chi connectivity index (χ1) is 9.92. The van der Waals surface area contributed by atoms with E-state index in [0.717, 1.165) is 0 Å². The van der Waals surface area contributed by atoms with Crippen molar-refractivity contribution in [3.63, 3.8) is 0 Å². The van der Waals surface area contributed by atoms with Crippen LogP contribution in [0, 0.1) is 5.41 Å². The van der Waals surface area contributed by atoms with Crippen molar-refractivity contribution in [2.24, 2.45) is 5.41 Å². The molecule has 0 fully saturated rings. The van der Waals surface area contributed by atoms with E-state index in [-0.39, 0.29) is 12.2 Å². The number of Topliss-reactive ketones (excluding diaryl/α,β-unsaturated/α-hetero) is 1. The lowest BCUT2D eigenvalue weighted by Crippen LogP contribution is -2.39. The van der Waals surface area contributed by atoms with Gasteiger partial charge in [0.25, 0.3) is 0 Å². The van der Waals surface area contributed by atoms with Gasteiger partial charge in [-0.3, -0.25) is 9.00 Å². The number of carbonyl (C=O) groups is 1. The second-order valence-corrected chi connectivity index (χ2v) is 10.7. The van der Waals surface area contributed by atoms with Crippen LogP contribution in [0.2, 0.25) is 0 Å². The van der Waals surface area contributed by atoms with E-state index >= 15 is 0 Å². The van der Waals surface area contributed by atoms with Gasteiger partial charge >= 0.3 is 0 Å². The third-order valence-corrected chi connectivity index (χ3v) is 6.37. The fourth-order valence-electron chi connectivity index (χ4n) is 1.76. The predicted molar refractivity (Wildman–Crippen MR) is 94.1 cm³/mol. The lowest BCUT2D eigenvalue weighted by molar-refractivity contribution is -0.132. The number of ketones is 1. The fourth-order valence-corrected chi connectivity index (χ4v) is 4.51. The van der Waals surface area contributed by atoms with E-state index in [9.17, 15) is 9.00 Å². The highest BCUT2D eigenvalue weighted by atomic mass is 35.5. The van der Waals surface area contributed by atoms with Gasteiger partial charge in [-0.25, -0.2) is 0 Å². The summed E-state index contributed by atoms with van der Waals surface area (Å²) >= 11 is 7.81. The Morgan fingerprint density at radius 2 is 1.91 bits per heavy atom. The van der Waals surface area contributed by atoms with Crippen LogP contribution in [-0.2, 0) is 20.3 Å². The summed E-state index contributed by atoms with van der Waals surface area (Å²) in [6, 6.07) is 3.62. The molecule has 1 rings (SSSR count). The standard InChI is InChI=1S/C16H25ClO3S2/c1-15(2,3)12(18)10-11(20-16(4,5)6)14(17)22(19)13-8-7-9-21-13/h7-9,11,14H,10H2,1-6H3. The minimum atomic E-state index is -1.40. The maximum atomic E-state index is 12.6. The van der Waals surface area contributed by atoms with Crippen LogP contribution in [0.25, 0.3) is 0 Å². The van der Waals surface area contributed by atoms with Crippen LogP contribution in [0.4, 0.5) is 0 Å². The van der Waals surface area contributed by atoms with E-state index in [1.54, 1.807) is 6.07 Å². The fraction of sp³-hybridized carbons (Fsp3) is 0.688. The second-order valence-electron chi connectivity index (χ2n) is 7.23. The van der Waals surface area contributed by atoms with Gasteiger partial charge < -0.3 is 4.74 Å². The summed E-state index contributed by atoms with van der Waals surface area (Å²) < 4.78 is 18.4. The van der Waals surface area contributed by atoms with Gasteiger partial charge in [0.15, 0.2) is 0 Å². The molecule has 0 saturated carbocycles. The molecule has 6 heteroatoms. The van der Waals surface area contributed by atoms with Gasteiger partial charge in [0.05, 0.1) is 26.7 Å². The molecule has 3 nitrogen and oxygen atoms in total. The molecule has 0 bridgehead atoms. The molecular formula is C16H25ClO3S2. The normalized spacial score (nSPS) is 17.0. The molecule has 0 N–H and O–H groups in total. The van der Waals surface area contributed by atoms with E-state index < -0.39 is 32.6 Å². The Kier molecular flexibility index (Phi) is 6.81. The number of halogens is 1. The number of hydrogen-bond donors (Lipinski definition) is 0. The Bertz CT molecular complexity index is 512. The maximum Gasteiger partial charge on any atom is 0.141 e. The number of hydrogen-bond acceptors (Lipinski definition) is 4. The summed E-state index contributed by atoms with van der Waals surface area (Å²) in [5, 5.41) is 1.86.